The van der Waals surface area contributed by atoms with Crippen LogP contribution in [0.4, 0.5) is 0 Å². The Labute approximate surface area is 134 Å². The molecule has 1 aromatic heterocycles. The lowest BCUT2D eigenvalue weighted by molar-refractivity contribution is -0.120. The van der Waals surface area contributed by atoms with Crippen LogP contribution in [0.1, 0.15) is 25.8 Å². The van der Waals surface area contributed by atoms with Crippen LogP contribution in [0.5, 0.6) is 0 Å². The maximum atomic E-state index is 11.9. The van der Waals surface area contributed by atoms with Gasteiger partial charge in [-0.1, -0.05) is 48.5 Å². The molecule has 0 saturated heterocycles. The predicted molar refractivity (Wildman–Crippen MR) is 89.0 cm³/mol. The molecule has 0 aliphatic rings. The number of aromatic nitrogens is 3. The topological polar surface area (TPSA) is 85.8 Å². The van der Waals surface area contributed by atoms with Crippen molar-refractivity contribution in [2.75, 3.05) is 12.4 Å². The molecule has 6 nitrogen and oxygen atoms in total. The van der Waals surface area contributed by atoms with E-state index in [9.17, 15) is 4.79 Å². The highest BCUT2D eigenvalue weighted by Gasteiger charge is 2.19. The van der Waals surface area contributed by atoms with Crippen molar-refractivity contribution >= 4 is 17.7 Å². The molecule has 0 saturated carbocycles. The zero-order chi connectivity index (χ0) is 16.1. The molecule has 1 aromatic carbocycles. The van der Waals surface area contributed by atoms with E-state index in [2.05, 4.69) is 15.5 Å². The molecular formula is C15H21N5OS. The monoisotopic (exact) mass is 319 g/mol. The highest BCUT2D eigenvalue weighted by atomic mass is 32.2. The zero-order valence-corrected chi connectivity index (χ0v) is 13.9. The van der Waals surface area contributed by atoms with Gasteiger partial charge in [-0.3, -0.25) is 4.79 Å². The Bertz CT molecular complexity index is 638. The third-order valence-electron chi connectivity index (χ3n) is 3.17. The fraction of sp³-hybridized carbons (Fsp3) is 0.400. The summed E-state index contributed by atoms with van der Waals surface area (Å²) in [6, 6.07) is 7.90. The molecule has 0 aliphatic carbocycles. The van der Waals surface area contributed by atoms with Gasteiger partial charge in [-0.2, -0.15) is 0 Å². The van der Waals surface area contributed by atoms with E-state index < -0.39 is 0 Å². The minimum absolute atomic E-state index is 0.0215. The molecule has 0 bridgehead atoms. The van der Waals surface area contributed by atoms with E-state index in [1.807, 2.05) is 45.0 Å². The van der Waals surface area contributed by atoms with E-state index in [4.69, 9.17) is 5.84 Å². The summed E-state index contributed by atoms with van der Waals surface area (Å²) >= 11 is 1.30. The van der Waals surface area contributed by atoms with Crippen LogP contribution >= 0.6 is 11.8 Å². The van der Waals surface area contributed by atoms with E-state index in [-0.39, 0.29) is 11.2 Å². The summed E-state index contributed by atoms with van der Waals surface area (Å²) in [6.45, 7) is 6.54. The van der Waals surface area contributed by atoms with Crippen molar-refractivity contribution in [3.63, 3.8) is 0 Å². The quantitative estimate of drug-likeness (QED) is 0.628. The highest BCUT2D eigenvalue weighted by molar-refractivity contribution is 8.00. The Morgan fingerprint density at radius 3 is 2.68 bits per heavy atom. The fourth-order valence-corrected chi connectivity index (χ4v) is 2.66. The number of benzene rings is 1. The molecule has 0 spiro atoms. The maximum absolute atomic E-state index is 11.9. The van der Waals surface area contributed by atoms with Crippen molar-refractivity contribution in [1.82, 2.24) is 20.2 Å². The van der Waals surface area contributed by atoms with E-state index in [1.54, 1.807) is 0 Å². The first kappa shape index (κ1) is 16.4. The second kappa shape index (κ2) is 7.31. The second-order valence-electron chi connectivity index (χ2n) is 5.09. The number of carbonyl (C=O) groups excluding carboxylic acids is 1. The summed E-state index contributed by atoms with van der Waals surface area (Å²) in [4.78, 5) is 11.9. The number of nitrogens with one attached hydrogen (secondary N) is 1. The molecule has 1 atom stereocenters. The second-order valence-corrected chi connectivity index (χ2v) is 6.40. The molecule has 0 fully saturated rings. The van der Waals surface area contributed by atoms with Crippen molar-refractivity contribution in [2.45, 2.75) is 37.6 Å². The van der Waals surface area contributed by atoms with Crippen molar-refractivity contribution in [1.29, 1.82) is 0 Å². The van der Waals surface area contributed by atoms with Crippen molar-refractivity contribution in [2.24, 2.45) is 0 Å². The minimum Gasteiger partial charge on any atom is -0.355 e. The van der Waals surface area contributed by atoms with E-state index in [0.29, 0.717) is 17.5 Å². The number of carbonyl (C=O) groups is 1. The van der Waals surface area contributed by atoms with Gasteiger partial charge in [0.05, 0.1) is 5.25 Å². The van der Waals surface area contributed by atoms with Gasteiger partial charge in [0.2, 0.25) is 11.1 Å². The predicted octanol–water partition coefficient (Wildman–Crippen LogP) is 1.97. The molecule has 0 aliphatic heterocycles. The zero-order valence-electron chi connectivity index (χ0n) is 13.0. The standard InChI is InChI=1S/C15H21N5OS/c1-4-9-17-14(21)11(3)22-15-19-18-13(20(15)16)12-7-5-10(2)6-8-12/h5-8,11H,4,9,16H2,1-3H3,(H,17,21)/t11-/m0/s1. The van der Waals surface area contributed by atoms with E-state index in [0.717, 1.165) is 12.0 Å². The van der Waals surface area contributed by atoms with Crippen molar-refractivity contribution in [3.05, 3.63) is 29.8 Å². The lowest BCUT2D eigenvalue weighted by atomic mass is 10.1. The van der Waals surface area contributed by atoms with Crippen LogP contribution in [0.2, 0.25) is 0 Å². The van der Waals surface area contributed by atoms with Gasteiger partial charge in [-0.05, 0) is 20.3 Å². The number of rotatable bonds is 6. The van der Waals surface area contributed by atoms with Crippen LogP contribution < -0.4 is 11.2 Å². The Morgan fingerprint density at radius 2 is 2.05 bits per heavy atom. The Hall–Kier alpha value is -2.02. The van der Waals surface area contributed by atoms with Gasteiger partial charge >= 0.3 is 0 Å². The molecule has 2 aromatic rings. The third-order valence-corrected chi connectivity index (χ3v) is 4.23. The summed E-state index contributed by atoms with van der Waals surface area (Å²) in [6.07, 6.45) is 0.910. The molecule has 118 valence electrons. The Morgan fingerprint density at radius 1 is 1.36 bits per heavy atom. The van der Waals surface area contributed by atoms with Crippen LogP contribution in [0, 0.1) is 6.92 Å². The number of nitrogens with two attached hydrogens (primary N) is 1. The molecule has 1 heterocycles. The molecule has 1 amide bonds. The highest BCUT2D eigenvalue weighted by Crippen LogP contribution is 2.24. The van der Waals surface area contributed by atoms with E-state index >= 15 is 0 Å². The molecule has 0 unspecified atom stereocenters. The molecule has 0 radical (unpaired) electrons. The molecule has 3 N–H and O–H groups in total. The summed E-state index contributed by atoms with van der Waals surface area (Å²) in [7, 11) is 0. The Balaban J connectivity index is 2.11. The first-order valence-corrected chi connectivity index (χ1v) is 8.12. The van der Waals surface area contributed by atoms with Gasteiger partial charge in [0.15, 0.2) is 5.82 Å². The van der Waals surface area contributed by atoms with Gasteiger partial charge < -0.3 is 11.2 Å². The average molecular weight is 319 g/mol. The largest absolute Gasteiger partial charge is 0.355 e. The summed E-state index contributed by atoms with van der Waals surface area (Å²) in [5.74, 6) is 6.63. The third kappa shape index (κ3) is 3.79. The van der Waals surface area contributed by atoms with Crippen LogP contribution in [0.3, 0.4) is 0 Å². The molecular weight excluding hydrogens is 298 g/mol. The maximum Gasteiger partial charge on any atom is 0.233 e. The first-order valence-electron chi connectivity index (χ1n) is 7.24. The lowest BCUT2D eigenvalue weighted by Gasteiger charge is -2.10. The van der Waals surface area contributed by atoms with E-state index in [1.165, 1.54) is 22.0 Å². The number of hydrogen-bond acceptors (Lipinski definition) is 5. The normalized spacial score (nSPS) is 12.1. The van der Waals surface area contributed by atoms with Crippen LogP contribution in [-0.2, 0) is 4.79 Å². The van der Waals surface area contributed by atoms with Gasteiger partial charge in [0.25, 0.3) is 0 Å². The molecule has 2 rings (SSSR count). The smallest absolute Gasteiger partial charge is 0.233 e. The fourth-order valence-electron chi connectivity index (χ4n) is 1.86. The van der Waals surface area contributed by atoms with Crippen molar-refractivity contribution < 1.29 is 4.79 Å². The van der Waals surface area contributed by atoms with Gasteiger partial charge in [-0.15, -0.1) is 10.2 Å². The van der Waals surface area contributed by atoms with Crippen molar-refractivity contribution in [3.8, 4) is 11.4 Å². The van der Waals surface area contributed by atoms with Gasteiger partial charge in [0, 0.05) is 12.1 Å². The number of thioether (sulfide) groups is 1. The summed E-state index contributed by atoms with van der Waals surface area (Å²) in [5.41, 5.74) is 2.07. The SMILES string of the molecule is CCCNC(=O)[C@H](C)Sc1nnc(-c2ccc(C)cc2)n1N. The summed E-state index contributed by atoms with van der Waals surface area (Å²) < 4.78 is 1.43. The minimum atomic E-state index is -0.274. The van der Waals surface area contributed by atoms with Gasteiger partial charge in [-0.25, -0.2) is 4.68 Å². The molecule has 22 heavy (non-hydrogen) atoms. The van der Waals surface area contributed by atoms with Crippen LogP contribution in [-0.4, -0.2) is 32.6 Å². The van der Waals surface area contributed by atoms with Crippen LogP contribution in [0.25, 0.3) is 11.4 Å². The number of amides is 1. The number of nitrogens with zero attached hydrogens (tertiary/aromatic N) is 3. The average Bonchev–Trinajstić information content (AvgIpc) is 2.86. The first-order chi connectivity index (χ1) is 10.5. The number of hydrogen-bond donors (Lipinski definition) is 2. The van der Waals surface area contributed by atoms with Crippen LogP contribution in [0.15, 0.2) is 29.4 Å². The number of aryl methyl sites for hydroxylation is 1. The summed E-state index contributed by atoms with van der Waals surface area (Å²) in [5, 5.41) is 11.3. The molecule has 7 heteroatoms. The lowest BCUT2D eigenvalue weighted by Crippen LogP contribution is -2.31. The Kier molecular flexibility index (Phi) is 5.43. The number of nitrogen functional groups attached to an aromatic ring is 1. The van der Waals surface area contributed by atoms with Gasteiger partial charge in [0.1, 0.15) is 0 Å².